The fourth-order valence-electron chi connectivity index (χ4n) is 8.54. The van der Waals surface area contributed by atoms with E-state index in [2.05, 4.69) is 130 Å². The molecule has 6 nitrogen and oxygen atoms in total. The lowest BCUT2D eigenvalue weighted by Crippen LogP contribution is -2.30. The van der Waals surface area contributed by atoms with Crippen molar-refractivity contribution in [1.29, 1.82) is 0 Å². The van der Waals surface area contributed by atoms with Crippen LogP contribution in [0.1, 0.15) is 290 Å². The van der Waals surface area contributed by atoms with Gasteiger partial charge in [0.25, 0.3) is 0 Å². The highest BCUT2D eigenvalue weighted by molar-refractivity contribution is 5.71. The molecule has 0 aromatic carbocycles. The smallest absolute Gasteiger partial charge is 0.306 e. The first-order valence-electron chi connectivity index (χ1n) is 31.4. The molecule has 6 heteroatoms. The van der Waals surface area contributed by atoms with Crippen LogP contribution in [-0.4, -0.2) is 37.2 Å². The van der Waals surface area contributed by atoms with Crippen LogP contribution in [0.5, 0.6) is 0 Å². The Hall–Kier alpha value is -3.93. The number of esters is 3. The highest BCUT2D eigenvalue weighted by Crippen LogP contribution is 2.15. The summed E-state index contributed by atoms with van der Waals surface area (Å²) in [6.45, 7) is 6.46. The van der Waals surface area contributed by atoms with Gasteiger partial charge in [-0.15, -0.1) is 0 Å². The van der Waals surface area contributed by atoms with Crippen LogP contribution < -0.4 is 0 Å². The molecule has 0 rings (SSSR count). The Morgan fingerprint density at radius 1 is 0.280 bits per heavy atom. The van der Waals surface area contributed by atoms with Crippen molar-refractivity contribution in [1.82, 2.24) is 0 Å². The Kier molecular flexibility index (Phi) is 59.3. The van der Waals surface area contributed by atoms with E-state index in [0.29, 0.717) is 19.3 Å². The number of rotatable bonds is 56. The molecule has 0 spiro atoms. The highest BCUT2D eigenvalue weighted by Gasteiger charge is 2.19. The number of hydrogen-bond donors (Lipinski definition) is 0. The molecule has 0 amide bonds. The molecule has 0 heterocycles. The van der Waals surface area contributed by atoms with E-state index < -0.39 is 6.10 Å². The van der Waals surface area contributed by atoms with Gasteiger partial charge in [0.05, 0.1) is 0 Å². The maximum Gasteiger partial charge on any atom is 0.306 e. The zero-order valence-electron chi connectivity index (χ0n) is 49.0. The zero-order valence-corrected chi connectivity index (χ0v) is 49.0. The third-order valence-electron chi connectivity index (χ3n) is 13.2. The first kappa shape index (κ1) is 71.1. The molecule has 0 N–H and O–H groups in total. The van der Waals surface area contributed by atoms with Crippen molar-refractivity contribution in [2.75, 3.05) is 13.2 Å². The molecular formula is C69H116O6. The molecule has 0 radical (unpaired) electrons. The molecule has 0 saturated carbocycles. The lowest BCUT2D eigenvalue weighted by atomic mass is 10.0. The van der Waals surface area contributed by atoms with Crippen LogP contribution in [0, 0.1) is 0 Å². The third-order valence-corrected chi connectivity index (χ3v) is 13.2. The monoisotopic (exact) mass is 1040 g/mol. The third kappa shape index (κ3) is 60.8. The second-order valence-corrected chi connectivity index (χ2v) is 20.6. The molecule has 428 valence electrons. The summed E-state index contributed by atoms with van der Waals surface area (Å²) in [4.78, 5) is 38.3. The van der Waals surface area contributed by atoms with Crippen molar-refractivity contribution in [3.8, 4) is 0 Å². The maximum absolute atomic E-state index is 12.9. The summed E-state index contributed by atoms with van der Waals surface area (Å²) in [7, 11) is 0. The molecule has 0 aliphatic heterocycles. The Labute approximate surface area is 463 Å². The standard InChI is InChI=1S/C69H116O6/c1-4-7-10-13-16-19-22-25-28-31-33-34-36-39-41-44-47-50-53-56-59-62-68(71)74-65-66(75-69(72)63-60-57-54-51-48-45-42-37-30-27-24-21-18-15-12-9-6-3)64-73-67(70)61-58-55-52-49-46-43-40-38-35-32-29-26-23-20-17-14-11-8-5-2/h8,11,17,20,25-30,35,38,42-43,45-46,51,54,66H,4-7,9-10,12-16,18-19,21-24,31-34,36-37,39-41,44,47-50,52-53,55-65H2,1-3H3/b11-8-,20-17-,28-25-,29-26-,30-27-,38-35-,45-42-,46-43-,54-51-/t66-/m1/s1. The van der Waals surface area contributed by atoms with Crippen LogP contribution in [0.25, 0.3) is 0 Å². The van der Waals surface area contributed by atoms with Crippen LogP contribution in [0.3, 0.4) is 0 Å². The summed E-state index contributed by atoms with van der Waals surface area (Å²) in [5.74, 6) is -0.991. The van der Waals surface area contributed by atoms with Crippen LogP contribution in [0.2, 0.25) is 0 Å². The molecule has 0 aliphatic carbocycles. The van der Waals surface area contributed by atoms with E-state index in [9.17, 15) is 14.4 Å². The second kappa shape index (κ2) is 62.6. The van der Waals surface area contributed by atoms with Gasteiger partial charge in [-0.05, 0) is 122 Å². The van der Waals surface area contributed by atoms with Gasteiger partial charge >= 0.3 is 17.9 Å². The lowest BCUT2D eigenvalue weighted by molar-refractivity contribution is -0.167. The minimum atomic E-state index is -0.821. The molecule has 0 fully saturated rings. The van der Waals surface area contributed by atoms with Gasteiger partial charge in [-0.3, -0.25) is 14.4 Å². The van der Waals surface area contributed by atoms with Gasteiger partial charge in [-0.2, -0.15) is 0 Å². The Morgan fingerprint density at radius 3 is 0.880 bits per heavy atom. The topological polar surface area (TPSA) is 78.9 Å². The fraction of sp³-hybridized carbons (Fsp3) is 0.696. The molecule has 0 bridgehead atoms. The first-order valence-corrected chi connectivity index (χ1v) is 31.4. The molecule has 75 heavy (non-hydrogen) atoms. The van der Waals surface area contributed by atoms with Crippen LogP contribution >= 0.6 is 0 Å². The Balaban J connectivity index is 4.49. The first-order chi connectivity index (χ1) is 37.0. The van der Waals surface area contributed by atoms with Gasteiger partial charge in [-0.25, -0.2) is 0 Å². The minimum absolute atomic E-state index is 0.110. The summed E-state index contributed by atoms with van der Waals surface area (Å²) < 4.78 is 16.8. The predicted molar refractivity (Wildman–Crippen MR) is 325 cm³/mol. The highest BCUT2D eigenvalue weighted by atomic mass is 16.6. The van der Waals surface area contributed by atoms with Gasteiger partial charge in [0.15, 0.2) is 6.10 Å². The van der Waals surface area contributed by atoms with Crippen molar-refractivity contribution in [3.63, 3.8) is 0 Å². The molecule has 0 aliphatic rings. The molecule has 1 atom stereocenters. The molecule has 0 aromatic heterocycles. The number of carbonyl (C=O) groups is 3. The molecule has 0 saturated heterocycles. The average Bonchev–Trinajstić information content (AvgIpc) is 3.41. The van der Waals surface area contributed by atoms with Crippen molar-refractivity contribution in [3.05, 3.63) is 109 Å². The summed E-state index contributed by atoms with van der Waals surface area (Å²) in [5.41, 5.74) is 0. The fourth-order valence-corrected chi connectivity index (χ4v) is 8.54. The van der Waals surface area contributed by atoms with E-state index >= 15 is 0 Å². The molecule has 0 unspecified atom stereocenters. The summed E-state index contributed by atoms with van der Waals surface area (Å²) in [6, 6.07) is 0. The van der Waals surface area contributed by atoms with Gasteiger partial charge < -0.3 is 14.2 Å². The minimum Gasteiger partial charge on any atom is -0.462 e. The van der Waals surface area contributed by atoms with Crippen molar-refractivity contribution < 1.29 is 28.6 Å². The van der Waals surface area contributed by atoms with Crippen molar-refractivity contribution in [2.45, 2.75) is 297 Å². The molecule has 0 aromatic rings. The number of unbranched alkanes of at least 4 members (excludes halogenated alkanes) is 27. The van der Waals surface area contributed by atoms with Crippen LogP contribution in [0.15, 0.2) is 109 Å². The van der Waals surface area contributed by atoms with Gasteiger partial charge in [-0.1, -0.05) is 259 Å². The van der Waals surface area contributed by atoms with E-state index in [1.165, 1.54) is 148 Å². The largest absolute Gasteiger partial charge is 0.462 e. The second-order valence-electron chi connectivity index (χ2n) is 20.6. The quantitative estimate of drug-likeness (QED) is 0.0261. The van der Waals surface area contributed by atoms with E-state index in [-0.39, 0.29) is 37.5 Å². The normalized spacial score (nSPS) is 12.8. The number of ether oxygens (including phenoxy) is 3. The average molecular weight is 1040 g/mol. The van der Waals surface area contributed by atoms with Gasteiger partial charge in [0, 0.05) is 19.3 Å². The van der Waals surface area contributed by atoms with Crippen molar-refractivity contribution in [2.24, 2.45) is 0 Å². The van der Waals surface area contributed by atoms with Crippen molar-refractivity contribution >= 4 is 17.9 Å². The van der Waals surface area contributed by atoms with E-state index in [1.807, 2.05) is 0 Å². The molecular weight excluding hydrogens is 925 g/mol. The van der Waals surface area contributed by atoms with Crippen LogP contribution in [0.4, 0.5) is 0 Å². The Morgan fingerprint density at radius 2 is 0.533 bits per heavy atom. The van der Waals surface area contributed by atoms with Gasteiger partial charge in [0.2, 0.25) is 0 Å². The maximum atomic E-state index is 12.9. The summed E-state index contributed by atoms with van der Waals surface area (Å²) >= 11 is 0. The Bertz CT molecular complexity index is 1520. The summed E-state index contributed by atoms with van der Waals surface area (Å²) in [6.07, 6.45) is 85.2. The number of allylic oxidation sites excluding steroid dienone is 18. The number of carbonyl (C=O) groups excluding carboxylic acids is 3. The van der Waals surface area contributed by atoms with E-state index in [1.54, 1.807) is 0 Å². The lowest BCUT2D eigenvalue weighted by Gasteiger charge is -2.18. The SMILES string of the molecule is CC/C=C\C/C=C\C/C=C\C/C=C\C/C=C\CCCCCC(=O)OC[C@H](COC(=O)CCCCCCCCCCCCC/C=C\CCCCCCCC)OC(=O)CCC/C=C\C/C=C\C/C=C\CCCCCCCC. The number of hydrogen-bond acceptors (Lipinski definition) is 6. The zero-order chi connectivity index (χ0) is 54.3. The van der Waals surface area contributed by atoms with Gasteiger partial charge in [0.1, 0.15) is 13.2 Å². The van der Waals surface area contributed by atoms with Crippen LogP contribution in [-0.2, 0) is 28.6 Å². The predicted octanol–water partition coefficient (Wildman–Crippen LogP) is 21.4. The van der Waals surface area contributed by atoms with E-state index in [4.69, 9.17) is 14.2 Å². The van der Waals surface area contributed by atoms with E-state index in [0.717, 1.165) is 96.3 Å². The summed E-state index contributed by atoms with van der Waals surface area (Å²) in [5, 5.41) is 0.